The Hall–Kier alpha value is -2.25. The fraction of sp³-hybridized carbons (Fsp3) is 0.348. The highest BCUT2D eigenvalue weighted by atomic mass is 35.5. The smallest absolute Gasteiger partial charge is 0.130 e. The minimum absolute atomic E-state index is 0. The Balaban J connectivity index is 0.00000320. The lowest BCUT2D eigenvalue weighted by atomic mass is 10.1. The van der Waals surface area contributed by atoms with Gasteiger partial charge in [0.1, 0.15) is 11.6 Å². The Morgan fingerprint density at radius 1 is 1.13 bits per heavy atom. The minimum Gasteiger partial charge on any atom is -0.389 e. The number of halogens is 2. The topological polar surface area (TPSA) is 59.3 Å². The standard InChI is InChI=1S/C23H28FN3O2.ClH/c1-3-21(17-8-5-4-6-9-17)29-16-20(28)15-26-22(23-25-12-13-27(23)2)18-10-7-11-19(24)14-18;/h4-14,20-22,26,28H,3,15-16H2,1-2H3;1H. The van der Waals surface area contributed by atoms with Gasteiger partial charge < -0.3 is 19.7 Å². The maximum absolute atomic E-state index is 13.8. The van der Waals surface area contributed by atoms with Crippen LogP contribution < -0.4 is 5.32 Å². The number of aryl methyl sites for hydroxylation is 1. The summed E-state index contributed by atoms with van der Waals surface area (Å²) < 4.78 is 21.6. The number of rotatable bonds is 10. The number of aliphatic hydroxyl groups excluding tert-OH is 1. The molecule has 5 nitrogen and oxygen atoms in total. The summed E-state index contributed by atoms with van der Waals surface area (Å²) in [5.41, 5.74) is 1.85. The summed E-state index contributed by atoms with van der Waals surface area (Å²) in [4.78, 5) is 4.39. The van der Waals surface area contributed by atoms with E-state index in [4.69, 9.17) is 4.74 Å². The van der Waals surface area contributed by atoms with E-state index in [-0.39, 0.29) is 37.0 Å². The predicted octanol–water partition coefficient (Wildman–Crippen LogP) is 4.19. The van der Waals surface area contributed by atoms with E-state index in [1.54, 1.807) is 12.3 Å². The SMILES string of the molecule is CCC(OCC(O)CNC(c1cccc(F)c1)c1nccn1C)c1ccccc1.Cl. The molecular weight excluding hydrogens is 405 g/mol. The van der Waals surface area contributed by atoms with Crippen molar-refractivity contribution < 1.29 is 14.2 Å². The Bertz CT molecular complexity index is 891. The van der Waals surface area contributed by atoms with E-state index in [9.17, 15) is 9.50 Å². The van der Waals surface area contributed by atoms with E-state index in [0.717, 1.165) is 23.4 Å². The summed E-state index contributed by atoms with van der Waals surface area (Å²) in [7, 11) is 1.89. The molecule has 2 aromatic carbocycles. The number of aliphatic hydroxyl groups is 1. The maximum Gasteiger partial charge on any atom is 0.130 e. The van der Waals surface area contributed by atoms with E-state index in [0.29, 0.717) is 6.54 Å². The molecule has 0 aliphatic heterocycles. The molecule has 0 aliphatic rings. The van der Waals surface area contributed by atoms with Crippen LogP contribution in [0.3, 0.4) is 0 Å². The monoisotopic (exact) mass is 433 g/mol. The average molecular weight is 434 g/mol. The van der Waals surface area contributed by atoms with Crippen LogP contribution >= 0.6 is 12.4 Å². The molecule has 3 atom stereocenters. The summed E-state index contributed by atoms with van der Waals surface area (Å²) in [6, 6.07) is 16.1. The van der Waals surface area contributed by atoms with Crippen molar-refractivity contribution in [2.75, 3.05) is 13.2 Å². The van der Waals surface area contributed by atoms with E-state index in [1.807, 2.05) is 54.2 Å². The maximum atomic E-state index is 13.8. The van der Waals surface area contributed by atoms with Crippen LogP contribution in [-0.2, 0) is 11.8 Å². The Kier molecular flexibility index (Phi) is 9.46. The predicted molar refractivity (Wildman–Crippen MR) is 118 cm³/mol. The Morgan fingerprint density at radius 2 is 1.87 bits per heavy atom. The number of nitrogens with zero attached hydrogens (tertiary/aromatic N) is 2. The van der Waals surface area contributed by atoms with Gasteiger partial charge in [-0.25, -0.2) is 9.37 Å². The van der Waals surface area contributed by atoms with Crippen molar-refractivity contribution in [2.45, 2.75) is 31.6 Å². The van der Waals surface area contributed by atoms with Crippen molar-refractivity contribution in [3.8, 4) is 0 Å². The van der Waals surface area contributed by atoms with E-state index in [1.165, 1.54) is 12.1 Å². The first-order chi connectivity index (χ1) is 14.1. The van der Waals surface area contributed by atoms with E-state index in [2.05, 4.69) is 17.2 Å². The van der Waals surface area contributed by atoms with Crippen LogP contribution in [0.1, 0.15) is 42.4 Å². The zero-order valence-corrected chi connectivity index (χ0v) is 18.1. The number of nitrogens with one attached hydrogen (secondary N) is 1. The molecule has 3 rings (SSSR count). The van der Waals surface area contributed by atoms with Gasteiger partial charge in [-0.15, -0.1) is 12.4 Å². The number of aromatic nitrogens is 2. The van der Waals surface area contributed by atoms with E-state index >= 15 is 0 Å². The van der Waals surface area contributed by atoms with Gasteiger partial charge in [0.05, 0.1) is 24.9 Å². The van der Waals surface area contributed by atoms with E-state index < -0.39 is 6.10 Å². The third kappa shape index (κ3) is 6.37. The van der Waals surface area contributed by atoms with Gasteiger partial charge in [-0.05, 0) is 29.7 Å². The zero-order valence-electron chi connectivity index (χ0n) is 17.2. The number of hydrogen-bond donors (Lipinski definition) is 2. The van der Waals surface area contributed by atoms with Crippen molar-refractivity contribution in [3.63, 3.8) is 0 Å². The van der Waals surface area contributed by atoms with Gasteiger partial charge in [0.2, 0.25) is 0 Å². The lowest BCUT2D eigenvalue weighted by molar-refractivity contribution is -0.0119. The molecule has 30 heavy (non-hydrogen) atoms. The van der Waals surface area contributed by atoms with Crippen LogP contribution in [0, 0.1) is 5.82 Å². The largest absolute Gasteiger partial charge is 0.389 e. The molecule has 1 heterocycles. The van der Waals surface area contributed by atoms with Crippen LogP contribution in [0.2, 0.25) is 0 Å². The summed E-state index contributed by atoms with van der Waals surface area (Å²) >= 11 is 0. The normalized spacial score (nSPS) is 14.0. The molecule has 0 saturated heterocycles. The highest BCUT2D eigenvalue weighted by Gasteiger charge is 2.20. The molecule has 3 aromatic rings. The summed E-state index contributed by atoms with van der Waals surface area (Å²) in [5, 5.41) is 13.8. The molecule has 0 saturated carbocycles. The lowest BCUT2D eigenvalue weighted by Crippen LogP contribution is -2.35. The molecule has 162 valence electrons. The van der Waals surface area contributed by atoms with Gasteiger partial charge in [-0.2, -0.15) is 0 Å². The van der Waals surface area contributed by atoms with Crippen molar-refractivity contribution >= 4 is 12.4 Å². The molecule has 0 radical (unpaired) electrons. The van der Waals surface area contributed by atoms with Crippen molar-refractivity contribution in [1.82, 2.24) is 14.9 Å². The van der Waals surface area contributed by atoms with Crippen LogP contribution in [0.4, 0.5) is 4.39 Å². The Morgan fingerprint density at radius 3 is 2.50 bits per heavy atom. The van der Waals surface area contributed by atoms with Crippen LogP contribution in [-0.4, -0.2) is 33.9 Å². The molecule has 0 amide bonds. The van der Waals surface area contributed by atoms with Gasteiger partial charge in [-0.1, -0.05) is 49.4 Å². The third-order valence-electron chi connectivity index (χ3n) is 4.89. The molecule has 3 unspecified atom stereocenters. The summed E-state index contributed by atoms with van der Waals surface area (Å²) in [6.45, 7) is 2.56. The van der Waals surface area contributed by atoms with Crippen molar-refractivity contribution in [1.29, 1.82) is 0 Å². The molecule has 0 fully saturated rings. The van der Waals surface area contributed by atoms with Gasteiger partial charge in [0, 0.05) is 26.0 Å². The number of ether oxygens (including phenoxy) is 1. The highest BCUT2D eigenvalue weighted by molar-refractivity contribution is 5.85. The van der Waals surface area contributed by atoms with Crippen molar-refractivity contribution in [3.05, 3.63) is 89.8 Å². The first-order valence-corrected chi connectivity index (χ1v) is 9.89. The zero-order chi connectivity index (χ0) is 20.6. The van der Waals surface area contributed by atoms with Gasteiger partial charge in [0.15, 0.2) is 0 Å². The highest BCUT2D eigenvalue weighted by Crippen LogP contribution is 2.22. The number of imidazole rings is 1. The second kappa shape index (κ2) is 11.8. The average Bonchev–Trinajstić information content (AvgIpc) is 3.15. The third-order valence-corrected chi connectivity index (χ3v) is 4.89. The van der Waals surface area contributed by atoms with Crippen LogP contribution in [0.25, 0.3) is 0 Å². The van der Waals surface area contributed by atoms with Gasteiger partial charge >= 0.3 is 0 Å². The molecular formula is C23H29ClFN3O2. The van der Waals surface area contributed by atoms with Gasteiger partial charge in [0.25, 0.3) is 0 Å². The summed E-state index contributed by atoms with van der Waals surface area (Å²) in [6.07, 6.45) is 3.61. The van der Waals surface area contributed by atoms with Crippen LogP contribution in [0.15, 0.2) is 67.0 Å². The fourth-order valence-corrected chi connectivity index (χ4v) is 3.36. The fourth-order valence-electron chi connectivity index (χ4n) is 3.36. The molecule has 0 bridgehead atoms. The first-order valence-electron chi connectivity index (χ1n) is 9.89. The molecule has 0 aliphatic carbocycles. The molecule has 2 N–H and O–H groups in total. The summed E-state index contributed by atoms with van der Waals surface area (Å²) in [5.74, 6) is 0.445. The molecule has 0 spiro atoms. The molecule has 7 heteroatoms. The minimum atomic E-state index is -0.705. The molecule has 1 aromatic heterocycles. The van der Waals surface area contributed by atoms with Gasteiger partial charge in [-0.3, -0.25) is 0 Å². The van der Waals surface area contributed by atoms with Crippen molar-refractivity contribution in [2.24, 2.45) is 7.05 Å². The quantitative estimate of drug-likeness (QED) is 0.503. The number of hydrogen-bond acceptors (Lipinski definition) is 4. The Labute approximate surface area is 183 Å². The number of benzene rings is 2. The lowest BCUT2D eigenvalue weighted by Gasteiger charge is -2.23. The van der Waals surface area contributed by atoms with Crippen LogP contribution in [0.5, 0.6) is 0 Å². The second-order valence-corrected chi connectivity index (χ2v) is 7.09. The second-order valence-electron chi connectivity index (χ2n) is 7.09. The first kappa shape index (κ1) is 24.0.